The fraction of sp³-hybridized carbons (Fsp3) is 0.455. The molecule has 0 aliphatic heterocycles. The van der Waals surface area contributed by atoms with Gasteiger partial charge in [0.1, 0.15) is 6.07 Å². The Kier molecular flexibility index (Phi) is 3.02. The molecule has 0 aliphatic rings. The van der Waals surface area contributed by atoms with E-state index in [4.69, 9.17) is 5.26 Å². The van der Waals surface area contributed by atoms with Gasteiger partial charge in [0, 0.05) is 5.69 Å². The monoisotopic (exact) mass is 174 g/mol. The molecule has 0 N–H and O–H groups in total. The number of rotatable bonds is 2. The van der Waals surface area contributed by atoms with Crippen LogP contribution in [0, 0.1) is 24.2 Å². The van der Waals surface area contributed by atoms with Gasteiger partial charge in [-0.05, 0) is 31.4 Å². The molecule has 0 unspecified atom stereocenters. The van der Waals surface area contributed by atoms with Crippen molar-refractivity contribution in [2.75, 3.05) is 0 Å². The number of nitrogens with zero attached hydrogens (tertiary/aromatic N) is 2. The van der Waals surface area contributed by atoms with Crippen LogP contribution in [0.3, 0.4) is 0 Å². The minimum absolute atomic E-state index is 0.543. The summed E-state index contributed by atoms with van der Waals surface area (Å²) in [5.41, 5.74) is 2.62. The summed E-state index contributed by atoms with van der Waals surface area (Å²) in [6, 6.07) is 5.89. The van der Waals surface area contributed by atoms with Crippen LogP contribution in [-0.4, -0.2) is 4.98 Å². The van der Waals surface area contributed by atoms with Crippen molar-refractivity contribution in [3.05, 3.63) is 29.1 Å². The largest absolute Gasteiger partial charge is 0.257 e. The van der Waals surface area contributed by atoms with E-state index in [1.165, 1.54) is 0 Å². The standard InChI is InChI=1S/C11H14N2/c1-8(2)6-11-10(7-12)5-4-9(3)13-11/h4-5,8H,6H2,1-3H3. The summed E-state index contributed by atoms with van der Waals surface area (Å²) in [4.78, 5) is 4.36. The van der Waals surface area contributed by atoms with E-state index in [1.54, 1.807) is 0 Å². The van der Waals surface area contributed by atoms with Gasteiger partial charge in [-0.15, -0.1) is 0 Å². The van der Waals surface area contributed by atoms with Crippen molar-refractivity contribution < 1.29 is 0 Å². The first kappa shape index (κ1) is 9.73. The summed E-state index contributed by atoms with van der Waals surface area (Å²) < 4.78 is 0. The Morgan fingerprint density at radius 2 is 2.15 bits per heavy atom. The van der Waals surface area contributed by atoms with Crippen LogP contribution in [0.1, 0.15) is 30.8 Å². The molecule has 0 spiro atoms. The molecule has 1 rings (SSSR count). The lowest BCUT2D eigenvalue weighted by atomic mass is 10.0. The molecule has 0 saturated heterocycles. The second-order valence-electron chi connectivity index (χ2n) is 3.66. The average Bonchev–Trinajstić information content (AvgIpc) is 2.03. The van der Waals surface area contributed by atoms with E-state index in [9.17, 15) is 0 Å². The van der Waals surface area contributed by atoms with Gasteiger partial charge in [0.05, 0.1) is 11.3 Å². The van der Waals surface area contributed by atoms with E-state index < -0.39 is 0 Å². The third kappa shape index (κ3) is 2.55. The summed E-state index contributed by atoms with van der Waals surface area (Å²) in [6.07, 6.45) is 0.880. The van der Waals surface area contributed by atoms with Crippen molar-refractivity contribution in [2.24, 2.45) is 5.92 Å². The van der Waals surface area contributed by atoms with Gasteiger partial charge in [-0.3, -0.25) is 4.98 Å². The summed E-state index contributed by atoms with van der Waals surface area (Å²) in [7, 11) is 0. The zero-order valence-electron chi connectivity index (χ0n) is 8.33. The molecule has 0 radical (unpaired) electrons. The molecule has 1 aromatic rings. The molecular weight excluding hydrogens is 160 g/mol. The quantitative estimate of drug-likeness (QED) is 0.690. The minimum Gasteiger partial charge on any atom is -0.257 e. The Hall–Kier alpha value is -1.36. The molecule has 0 atom stereocenters. The Balaban J connectivity index is 3.03. The Labute approximate surface area is 79.2 Å². The number of aromatic nitrogens is 1. The number of hydrogen-bond donors (Lipinski definition) is 0. The Bertz CT molecular complexity index is 334. The van der Waals surface area contributed by atoms with Gasteiger partial charge in [-0.25, -0.2) is 0 Å². The van der Waals surface area contributed by atoms with Gasteiger partial charge in [0.15, 0.2) is 0 Å². The van der Waals surface area contributed by atoms with Crippen molar-refractivity contribution in [1.82, 2.24) is 4.98 Å². The normalized spacial score (nSPS) is 10.1. The lowest BCUT2D eigenvalue weighted by Crippen LogP contribution is -2.01. The highest BCUT2D eigenvalue weighted by Gasteiger charge is 2.05. The zero-order valence-corrected chi connectivity index (χ0v) is 8.33. The predicted octanol–water partition coefficient (Wildman–Crippen LogP) is 2.46. The number of pyridine rings is 1. The molecule has 0 amide bonds. The third-order valence-electron chi connectivity index (χ3n) is 1.84. The van der Waals surface area contributed by atoms with Gasteiger partial charge in [-0.1, -0.05) is 13.8 Å². The van der Waals surface area contributed by atoms with Crippen molar-refractivity contribution in [1.29, 1.82) is 5.26 Å². The van der Waals surface area contributed by atoms with Gasteiger partial charge in [0.2, 0.25) is 0 Å². The molecule has 0 aliphatic carbocycles. The molecule has 1 heterocycles. The summed E-state index contributed by atoms with van der Waals surface area (Å²) in [5, 5.41) is 8.83. The van der Waals surface area contributed by atoms with Crippen molar-refractivity contribution in [2.45, 2.75) is 27.2 Å². The zero-order chi connectivity index (χ0) is 9.84. The molecule has 0 fully saturated rings. The lowest BCUT2D eigenvalue weighted by molar-refractivity contribution is 0.633. The van der Waals surface area contributed by atoms with Gasteiger partial charge < -0.3 is 0 Å². The van der Waals surface area contributed by atoms with Crippen LogP contribution in [0.2, 0.25) is 0 Å². The first-order valence-corrected chi connectivity index (χ1v) is 4.50. The van der Waals surface area contributed by atoms with Gasteiger partial charge >= 0.3 is 0 Å². The van der Waals surface area contributed by atoms with Crippen LogP contribution >= 0.6 is 0 Å². The molecule has 2 heteroatoms. The Morgan fingerprint density at radius 3 is 2.69 bits per heavy atom. The van der Waals surface area contributed by atoms with Crippen LogP contribution in [0.4, 0.5) is 0 Å². The average molecular weight is 174 g/mol. The SMILES string of the molecule is Cc1ccc(C#N)c(CC(C)C)n1. The maximum atomic E-state index is 8.83. The molecule has 0 bridgehead atoms. The first-order valence-electron chi connectivity index (χ1n) is 4.50. The van der Waals surface area contributed by atoms with Crippen LogP contribution in [0.5, 0.6) is 0 Å². The number of hydrogen-bond acceptors (Lipinski definition) is 2. The smallest absolute Gasteiger partial charge is 0.101 e. The van der Waals surface area contributed by atoms with Crippen LogP contribution in [0.25, 0.3) is 0 Å². The topological polar surface area (TPSA) is 36.7 Å². The molecule has 0 saturated carbocycles. The number of aryl methyl sites for hydroxylation is 1. The lowest BCUT2D eigenvalue weighted by Gasteiger charge is -2.06. The molecule has 1 aromatic heterocycles. The molecular formula is C11H14N2. The van der Waals surface area contributed by atoms with E-state index in [1.807, 2.05) is 19.1 Å². The van der Waals surface area contributed by atoms with E-state index in [0.717, 1.165) is 17.8 Å². The van der Waals surface area contributed by atoms with Crippen LogP contribution in [0.15, 0.2) is 12.1 Å². The second-order valence-corrected chi connectivity index (χ2v) is 3.66. The van der Waals surface area contributed by atoms with Crippen LogP contribution in [-0.2, 0) is 6.42 Å². The van der Waals surface area contributed by atoms with E-state index >= 15 is 0 Å². The van der Waals surface area contributed by atoms with Crippen molar-refractivity contribution >= 4 is 0 Å². The highest BCUT2D eigenvalue weighted by atomic mass is 14.7. The van der Waals surface area contributed by atoms with Crippen LogP contribution < -0.4 is 0 Å². The first-order chi connectivity index (χ1) is 6.13. The van der Waals surface area contributed by atoms with Gasteiger partial charge in [0.25, 0.3) is 0 Å². The maximum Gasteiger partial charge on any atom is 0.101 e. The summed E-state index contributed by atoms with van der Waals surface area (Å²) in [6.45, 7) is 6.21. The fourth-order valence-electron chi connectivity index (χ4n) is 1.25. The molecule has 13 heavy (non-hydrogen) atoms. The molecule has 2 nitrogen and oxygen atoms in total. The predicted molar refractivity (Wildman–Crippen MR) is 52.2 cm³/mol. The van der Waals surface area contributed by atoms with Crippen molar-refractivity contribution in [3.8, 4) is 6.07 Å². The Morgan fingerprint density at radius 1 is 1.46 bits per heavy atom. The van der Waals surface area contributed by atoms with E-state index in [2.05, 4.69) is 24.9 Å². The van der Waals surface area contributed by atoms with E-state index in [-0.39, 0.29) is 0 Å². The third-order valence-corrected chi connectivity index (χ3v) is 1.84. The highest BCUT2D eigenvalue weighted by Crippen LogP contribution is 2.11. The van der Waals surface area contributed by atoms with E-state index in [0.29, 0.717) is 11.5 Å². The summed E-state index contributed by atoms with van der Waals surface area (Å²) in [5.74, 6) is 0.543. The fourth-order valence-corrected chi connectivity index (χ4v) is 1.25. The summed E-state index contributed by atoms with van der Waals surface area (Å²) >= 11 is 0. The van der Waals surface area contributed by atoms with Gasteiger partial charge in [-0.2, -0.15) is 5.26 Å². The minimum atomic E-state index is 0.543. The maximum absolute atomic E-state index is 8.83. The second kappa shape index (κ2) is 4.04. The van der Waals surface area contributed by atoms with Crippen molar-refractivity contribution in [3.63, 3.8) is 0 Å². The number of nitriles is 1. The molecule has 0 aromatic carbocycles. The highest BCUT2D eigenvalue weighted by molar-refractivity contribution is 5.34. The molecule has 68 valence electrons.